The van der Waals surface area contributed by atoms with Crippen molar-refractivity contribution >= 4 is 11.0 Å². The lowest BCUT2D eigenvalue weighted by molar-refractivity contribution is 0.174. The van der Waals surface area contributed by atoms with Crippen LogP contribution in [0.5, 0.6) is 11.5 Å². The molecular formula is C29H31FN4O2. The summed E-state index contributed by atoms with van der Waals surface area (Å²) in [6.07, 6.45) is 1.09. The monoisotopic (exact) mass is 486 g/mol. The summed E-state index contributed by atoms with van der Waals surface area (Å²) in [4.78, 5) is 9.97. The molecule has 36 heavy (non-hydrogen) atoms. The molecule has 1 saturated heterocycles. The lowest BCUT2D eigenvalue weighted by atomic mass is 10.1. The third-order valence-electron chi connectivity index (χ3n) is 7.30. The Kier molecular flexibility index (Phi) is 6.34. The van der Waals surface area contributed by atoms with E-state index in [1.807, 2.05) is 36.4 Å². The molecule has 4 aromatic rings. The van der Waals surface area contributed by atoms with E-state index in [1.54, 1.807) is 6.07 Å². The van der Waals surface area contributed by atoms with Crippen LogP contribution < -0.4 is 9.47 Å². The fraction of sp³-hybridized carbons (Fsp3) is 0.345. The molecule has 186 valence electrons. The van der Waals surface area contributed by atoms with Crippen LogP contribution >= 0.6 is 0 Å². The van der Waals surface area contributed by atoms with Gasteiger partial charge in [-0.1, -0.05) is 36.4 Å². The number of rotatable bonds is 6. The molecule has 1 aromatic heterocycles. The van der Waals surface area contributed by atoms with Gasteiger partial charge >= 0.3 is 0 Å². The smallest absolute Gasteiger partial charge is 0.231 e. The zero-order valence-electron chi connectivity index (χ0n) is 20.6. The third-order valence-corrected chi connectivity index (χ3v) is 7.30. The molecule has 0 spiro atoms. The molecule has 2 aliphatic heterocycles. The highest BCUT2D eigenvalue weighted by atomic mass is 19.1. The van der Waals surface area contributed by atoms with Gasteiger partial charge in [0.2, 0.25) is 6.79 Å². The SMILES string of the molecule is CC(c1ccccc1F)n1c(CN2CCCN(Cc3ccc4c(c3)OCO4)CC2)nc2ccccc21. The van der Waals surface area contributed by atoms with Crippen molar-refractivity contribution in [1.82, 2.24) is 19.4 Å². The van der Waals surface area contributed by atoms with Gasteiger partial charge in [0.05, 0.1) is 23.6 Å². The molecule has 2 aliphatic rings. The summed E-state index contributed by atoms with van der Waals surface area (Å²) in [7, 11) is 0. The Labute approximate surface area is 210 Å². The van der Waals surface area contributed by atoms with E-state index < -0.39 is 0 Å². The number of ether oxygens (including phenoxy) is 2. The van der Waals surface area contributed by atoms with Gasteiger partial charge in [0.25, 0.3) is 0 Å². The lowest BCUT2D eigenvalue weighted by Gasteiger charge is -2.24. The van der Waals surface area contributed by atoms with E-state index in [0.717, 1.165) is 74.0 Å². The molecule has 0 amide bonds. The molecule has 0 radical (unpaired) electrons. The molecule has 0 aliphatic carbocycles. The van der Waals surface area contributed by atoms with Gasteiger partial charge in [0.1, 0.15) is 11.6 Å². The number of imidazole rings is 1. The molecule has 0 saturated carbocycles. The molecule has 0 bridgehead atoms. The quantitative estimate of drug-likeness (QED) is 0.374. The molecule has 6 rings (SSSR count). The number of hydrogen-bond acceptors (Lipinski definition) is 5. The molecule has 0 N–H and O–H groups in total. The molecular weight excluding hydrogens is 455 g/mol. The molecule has 6 nitrogen and oxygen atoms in total. The number of nitrogens with zero attached hydrogens (tertiary/aromatic N) is 4. The second kappa shape index (κ2) is 9.91. The van der Waals surface area contributed by atoms with E-state index in [9.17, 15) is 4.39 Å². The Morgan fingerprint density at radius 1 is 0.861 bits per heavy atom. The summed E-state index contributed by atoms with van der Waals surface area (Å²) >= 11 is 0. The first-order valence-electron chi connectivity index (χ1n) is 12.7. The predicted octanol–water partition coefficient (Wildman–Crippen LogP) is 5.22. The molecule has 1 fully saturated rings. The first-order chi connectivity index (χ1) is 17.7. The molecule has 1 unspecified atom stereocenters. The van der Waals surface area contributed by atoms with E-state index in [2.05, 4.69) is 39.5 Å². The fourth-order valence-corrected chi connectivity index (χ4v) is 5.43. The van der Waals surface area contributed by atoms with Gasteiger partial charge < -0.3 is 14.0 Å². The largest absolute Gasteiger partial charge is 0.454 e. The molecule has 7 heteroatoms. The minimum atomic E-state index is -0.178. The van der Waals surface area contributed by atoms with E-state index in [-0.39, 0.29) is 11.9 Å². The van der Waals surface area contributed by atoms with Crippen molar-refractivity contribution in [1.29, 1.82) is 0 Å². The molecule has 3 aromatic carbocycles. The van der Waals surface area contributed by atoms with Crippen LogP contribution in [0.2, 0.25) is 0 Å². The van der Waals surface area contributed by atoms with Gasteiger partial charge in [-0.05, 0) is 62.3 Å². The van der Waals surface area contributed by atoms with Crippen molar-refractivity contribution in [2.24, 2.45) is 0 Å². The number of para-hydroxylation sites is 2. The maximum absolute atomic E-state index is 14.7. The van der Waals surface area contributed by atoms with Gasteiger partial charge in [0.15, 0.2) is 11.5 Å². The summed E-state index contributed by atoms with van der Waals surface area (Å²) in [6.45, 7) is 8.00. The van der Waals surface area contributed by atoms with Crippen LogP contribution in [0.1, 0.15) is 36.3 Å². The van der Waals surface area contributed by atoms with Crippen LogP contribution in [-0.2, 0) is 13.1 Å². The normalized spacial score (nSPS) is 17.4. The molecule has 1 atom stereocenters. The summed E-state index contributed by atoms with van der Waals surface area (Å²) in [6, 6.07) is 21.3. The van der Waals surface area contributed by atoms with Gasteiger partial charge in [0, 0.05) is 25.2 Å². The fourth-order valence-electron chi connectivity index (χ4n) is 5.43. The van der Waals surface area contributed by atoms with Crippen LogP contribution in [0.15, 0.2) is 66.7 Å². The van der Waals surface area contributed by atoms with Crippen LogP contribution in [0.4, 0.5) is 4.39 Å². The highest BCUT2D eigenvalue weighted by Crippen LogP contribution is 2.33. The maximum Gasteiger partial charge on any atom is 0.231 e. The number of halogens is 1. The van der Waals surface area contributed by atoms with E-state index in [1.165, 1.54) is 11.6 Å². The molecule has 3 heterocycles. The second-order valence-corrected chi connectivity index (χ2v) is 9.68. The van der Waals surface area contributed by atoms with Crippen LogP contribution in [0, 0.1) is 5.82 Å². The Bertz CT molecular complexity index is 1370. The Hall–Kier alpha value is -3.42. The summed E-state index contributed by atoms with van der Waals surface area (Å²) < 4.78 is 27.9. The third kappa shape index (κ3) is 4.56. The number of benzene rings is 3. The minimum absolute atomic E-state index is 0.150. The first-order valence-corrected chi connectivity index (χ1v) is 12.7. The summed E-state index contributed by atoms with van der Waals surface area (Å²) in [5.41, 5.74) is 3.93. The number of hydrogen-bond donors (Lipinski definition) is 0. The Morgan fingerprint density at radius 3 is 2.47 bits per heavy atom. The average Bonchev–Trinajstić information content (AvgIpc) is 3.43. The number of aromatic nitrogens is 2. The highest BCUT2D eigenvalue weighted by Gasteiger charge is 2.23. The van der Waals surface area contributed by atoms with E-state index >= 15 is 0 Å². The van der Waals surface area contributed by atoms with Crippen molar-refractivity contribution in [3.05, 3.63) is 89.5 Å². The van der Waals surface area contributed by atoms with Crippen LogP contribution in [0.3, 0.4) is 0 Å². The standard InChI is InChI=1S/C29H31FN4O2/c1-21(23-7-2-3-8-24(23)30)34-26-10-5-4-9-25(26)31-29(34)19-33-14-6-13-32(15-16-33)18-22-11-12-27-28(17-22)36-20-35-27/h2-5,7-12,17,21H,6,13-16,18-20H2,1H3. The van der Waals surface area contributed by atoms with Crippen molar-refractivity contribution in [3.63, 3.8) is 0 Å². The van der Waals surface area contributed by atoms with Gasteiger partial charge in [-0.3, -0.25) is 9.80 Å². The van der Waals surface area contributed by atoms with E-state index in [0.29, 0.717) is 12.4 Å². The van der Waals surface area contributed by atoms with Crippen molar-refractivity contribution in [3.8, 4) is 11.5 Å². The van der Waals surface area contributed by atoms with Crippen molar-refractivity contribution in [2.45, 2.75) is 32.5 Å². The highest BCUT2D eigenvalue weighted by molar-refractivity contribution is 5.76. The lowest BCUT2D eigenvalue weighted by Crippen LogP contribution is -2.31. The Balaban J connectivity index is 1.19. The van der Waals surface area contributed by atoms with Crippen LogP contribution in [0.25, 0.3) is 11.0 Å². The average molecular weight is 487 g/mol. The Morgan fingerprint density at radius 2 is 1.61 bits per heavy atom. The van der Waals surface area contributed by atoms with Gasteiger partial charge in [-0.25, -0.2) is 9.37 Å². The zero-order chi connectivity index (χ0) is 24.5. The minimum Gasteiger partial charge on any atom is -0.454 e. The van der Waals surface area contributed by atoms with Crippen molar-refractivity contribution in [2.75, 3.05) is 33.0 Å². The topological polar surface area (TPSA) is 42.8 Å². The van der Waals surface area contributed by atoms with Gasteiger partial charge in [-0.15, -0.1) is 0 Å². The maximum atomic E-state index is 14.7. The van der Waals surface area contributed by atoms with Crippen molar-refractivity contribution < 1.29 is 13.9 Å². The van der Waals surface area contributed by atoms with Crippen LogP contribution in [-0.4, -0.2) is 52.3 Å². The first kappa shape index (κ1) is 23.0. The van der Waals surface area contributed by atoms with Gasteiger partial charge in [-0.2, -0.15) is 0 Å². The second-order valence-electron chi connectivity index (χ2n) is 9.68. The predicted molar refractivity (Wildman–Crippen MR) is 138 cm³/mol. The number of fused-ring (bicyclic) bond motifs is 2. The zero-order valence-corrected chi connectivity index (χ0v) is 20.6. The summed E-state index contributed by atoms with van der Waals surface area (Å²) in [5, 5.41) is 0. The van der Waals surface area contributed by atoms with E-state index in [4.69, 9.17) is 14.5 Å². The summed E-state index contributed by atoms with van der Waals surface area (Å²) in [5.74, 6) is 2.47.